The molecule has 3 rings (SSSR count). The van der Waals surface area contributed by atoms with E-state index < -0.39 is 30.1 Å². The van der Waals surface area contributed by atoms with Crippen molar-refractivity contribution < 1.29 is 35.8 Å². The summed E-state index contributed by atoms with van der Waals surface area (Å²) in [5.41, 5.74) is 0.232. The molecule has 0 aliphatic rings. The molecule has 1 aromatic heterocycles. The molecule has 0 fully saturated rings. The van der Waals surface area contributed by atoms with Gasteiger partial charge in [0.25, 0.3) is 5.56 Å². The molecule has 0 bridgehead atoms. The number of para-hydroxylation sites is 1. The fourth-order valence-corrected chi connectivity index (χ4v) is 2.79. The maximum absolute atomic E-state index is 13.6. The molecule has 0 amide bonds. The number of aromatic nitrogens is 2. The van der Waals surface area contributed by atoms with Crippen LogP contribution < -0.4 is 10.3 Å². The third-order valence-electron chi connectivity index (χ3n) is 3.57. The first kappa shape index (κ1) is 21.1. The second-order valence-corrected chi connectivity index (χ2v) is 6.47. The van der Waals surface area contributed by atoms with Crippen molar-refractivity contribution in [3.63, 3.8) is 0 Å². The summed E-state index contributed by atoms with van der Waals surface area (Å²) < 4.78 is 82.7. The van der Waals surface area contributed by atoms with E-state index in [1.165, 1.54) is 12.1 Å². The molecule has 0 aliphatic carbocycles. The van der Waals surface area contributed by atoms with E-state index in [-0.39, 0.29) is 15.9 Å². The van der Waals surface area contributed by atoms with Crippen LogP contribution in [0.4, 0.5) is 26.3 Å². The fraction of sp³-hybridized carbons (Fsp3) is 0.176. The van der Waals surface area contributed by atoms with Gasteiger partial charge in [0, 0.05) is 5.56 Å². The predicted octanol–water partition coefficient (Wildman–Crippen LogP) is 5.16. The van der Waals surface area contributed by atoms with Gasteiger partial charge >= 0.3 is 18.8 Å². The Labute approximate surface area is 166 Å². The number of ether oxygens (including phenoxy) is 2. The fourth-order valence-electron chi connectivity index (χ4n) is 2.33. The quantitative estimate of drug-likeness (QED) is 0.510. The monoisotopic (exact) mass is 482 g/mol. The van der Waals surface area contributed by atoms with Crippen molar-refractivity contribution in [1.29, 1.82) is 0 Å². The first-order valence-corrected chi connectivity index (χ1v) is 8.50. The van der Waals surface area contributed by atoms with Gasteiger partial charge in [-0.3, -0.25) is 4.79 Å². The molecule has 154 valence electrons. The molecule has 5 nitrogen and oxygen atoms in total. The van der Waals surface area contributed by atoms with Gasteiger partial charge in [0.1, 0.15) is 11.6 Å². The zero-order chi connectivity index (χ0) is 21.4. The van der Waals surface area contributed by atoms with Crippen molar-refractivity contribution in [3.05, 3.63) is 57.3 Å². The van der Waals surface area contributed by atoms with Gasteiger partial charge in [-0.1, -0.05) is 12.1 Å². The van der Waals surface area contributed by atoms with E-state index >= 15 is 0 Å². The standard InChI is InChI=1S/C17H9BrF6N2O3/c18-10-7-8(13-25-11-4-2-1-3-9(11)14(27)26-13)5-6-12(10)28-16(20,21)15(19)29-17(22,23)24/h1-7,15H,(H,25,26,27). The largest absolute Gasteiger partial charge is 0.525 e. The molecular weight excluding hydrogens is 474 g/mol. The van der Waals surface area contributed by atoms with Gasteiger partial charge in [-0.25, -0.2) is 14.1 Å². The number of fused-ring (bicyclic) bond motifs is 1. The third-order valence-corrected chi connectivity index (χ3v) is 4.19. The van der Waals surface area contributed by atoms with E-state index in [0.717, 1.165) is 6.07 Å². The molecule has 0 radical (unpaired) electrons. The number of hydrogen-bond acceptors (Lipinski definition) is 4. The number of hydrogen-bond donors (Lipinski definition) is 1. The summed E-state index contributed by atoms with van der Waals surface area (Å²) in [5.74, 6) is -0.549. The minimum Gasteiger partial charge on any atom is -0.427 e. The Bertz CT molecular complexity index is 1100. The van der Waals surface area contributed by atoms with Gasteiger partial charge in [0.2, 0.25) is 0 Å². The average molecular weight is 483 g/mol. The van der Waals surface area contributed by atoms with Crippen molar-refractivity contribution in [1.82, 2.24) is 9.97 Å². The lowest BCUT2D eigenvalue weighted by atomic mass is 10.2. The van der Waals surface area contributed by atoms with E-state index in [2.05, 4.69) is 35.4 Å². The third kappa shape index (κ3) is 4.88. The molecule has 0 saturated heterocycles. The first-order chi connectivity index (χ1) is 13.5. The highest BCUT2D eigenvalue weighted by Crippen LogP contribution is 2.36. The van der Waals surface area contributed by atoms with Crippen molar-refractivity contribution >= 4 is 26.8 Å². The number of nitrogens with one attached hydrogen (secondary N) is 1. The molecular formula is C17H9BrF6N2O3. The van der Waals surface area contributed by atoms with Crippen LogP contribution in [0.2, 0.25) is 0 Å². The molecule has 2 aromatic carbocycles. The lowest BCUT2D eigenvalue weighted by Gasteiger charge is -2.22. The zero-order valence-corrected chi connectivity index (χ0v) is 15.5. The highest BCUT2D eigenvalue weighted by Gasteiger charge is 2.50. The number of nitrogens with zero attached hydrogens (tertiary/aromatic N) is 1. The average Bonchev–Trinajstić information content (AvgIpc) is 2.62. The number of H-pyrrole nitrogens is 1. The van der Waals surface area contributed by atoms with Gasteiger partial charge in [0.05, 0.1) is 15.4 Å². The van der Waals surface area contributed by atoms with E-state index in [0.29, 0.717) is 10.9 Å². The smallest absolute Gasteiger partial charge is 0.427 e. The predicted molar refractivity (Wildman–Crippen MR) is 93.1 cm³/mol. The SMILES string of the molecule is O=c1[nH]c(-c2ccc(OC(F)(F)C(F)OC(F)(F)F)c(Br)c2)nc2ccccc12. The topological polar surface area (TPSA) is 64.2 Å². The molecule has 1 heterocycles. The molecule has 3 aromatic rings. The number of rotatable bonds is 5. The summed E-state index contributed by atoms with van der Waals surface area (Å²) in [6.07, 6.45) is -14.6. The molecule has 1 N–H and O–H groups in total. The van der Waals surface area contributed by atoms with Gasteiger partial charge in [-0.05, 0) is 46.3 Å². The first-order valence-electron chi connectivity index (χ1n) is 7.71. The normalized spacial score (nSPS) is 13.5. The second kappa shape index (κ2) is 7.67. The Hall–Kier alpha value is -2.60. The number of benzene rings is 2. The molecule has 0 saturated carbocycles. The highest BCUT2D eigenvalue weighted by molar-refractivity contribution is 9.10. The number of alkyl halides is 6. The molecule has 29 heavy (non-hydrogen) atoms. The Balaban J connectivity index is 1.88. The molecule has 0 aliphatic heterocycles. The van der Waals surface area contributed by atoms with Crippen LogP contribution in [-0.4, -0.2) is 28.8 Å². The summed E-state index contributed by atoms with van der Waals surface area (Å²) in [6, 6.07) is 9.87. The second-order valence-electron chi connectivity index (χ2n) is 5.62. The van der Waals surface area contributed by atoms with Gasteiger partial charge in [-0.15, -0.1) is 13.2 Å². The van der Waals surface area contributed by atoms with Crippen molar-refractivity contribution in [2.24, 2.45) is 0 Å². The minimum absolute atomic E-state index is 0.108. The summed E-state index contributed by atoms with van der Waals surface area (Å²) in [5, 5.41) is 0.341. The van der Waals surface area contributed by atoms with Gasteiger partial charge in [-0.2, -0.15) is 8.78 Å². The summed E-state index contributed by atoms with van der Waals surface area (Å²) in [4.78, 5) is 18.9. The van der Waals surface area contributed by atoms with Crippen LogP contribution >= 0.6 is 15.9 Å². The lowest BCUT2D eigenvalue weighted by Crippen LogP contribution is -2.41. The molecule has 0 spiro atoms. The van der Waals surface area contributed by atoms with Crippen molar-refractivity contribution in [2.45, 2.75) is 18.8 Å². The lowest BCUT2D eigenvalue weighted by molar-refractivity contribution is -0.411. The highest BCUT2D eigenvalue weighted by atomic mass is 79.9. The maximum Gasteiger partial charge on any atom is 0.525 e. The van der Waals surface area contributed by atoms with E-state index in [9.17, 15) is 31.1 Å². The summed E-state index contributed by atoms with van der Waals surface area (Å²) in [7, 11) is 0. The van der Waals surface area contributed by atoms with Crippen molar-refractivity contribution in [2.75, 3.05) is 0 Å². The van der Waals surface area contributed by atoms with E-state index in [4.69, 9.17) is 0 Å². The molecule has 12 heteroatoms. The number of halogens is 7. The van der Waals surface area contributed by atoms with E-state index in [1.807, 2.05) is 0 Å². The van der Waals surface area contributed by atoms with Crippen LogP contribution in [0.5, 0.6) is 5.75 Å². The van der Waals surface area contributed by atoms with Crippen LogP contribution in [0.15, 0.2) is 51.7 Å². The zero-order valence-electron chi connectivity index (χ0n) is 13.9. The summed E-state index contributed by atoms with van der Waals surface area (Å²) >= 11 is 2.91. The van der Waals surface area contributed by atoms with Gasteiger partial charge in [0.15, 0.2) is 0 Å². The Morgan fingerprint density at radius 2 is 1.76 bits per heavy atom. The Kier molecular flexibility index (Phi) is 5.59. The van der Waals surface area contributed by atoms with Crippen LogP contribution in [0.3, 0.4) is 0 Å². The molecule has 1 atom stereocenters. The Morgan fingerprint density at radius 1 is 1.07 bits per heavy atom. The van der Waals surface area contributed by atoms with E-state index in [1.54, 1.807) is 24.3 Å². The van der Waals surface area contributed by atoms with Crippen LogP contribution in [0, 0.1) is 0 Å². The maximum atomic E-state index is 13.6. The number of aromatic amines is 1. The van der Waals surface area contributed by atoms with Gasteiger partial charge < -0.3 is 9.72 Å². The van der Waals surface area contributed by atoms with Crippen LogP contribution in [0.25, 0.3) is 22.3 Å². The minimum atomic E-state index is -5.61. The van der Waals surface area contributed by atoms with Crippen LogP contribution in [0.1, 0.15) is 0 Å². The summed E-state index contributed by atoms with van der Waals surface area (Å²) in [6.45, 7) is 0. The van der Waals surface area contributed by atoms with Crippen molar-refractivity contribution in [3.8, 4) is 17.1 Å². The molecule has 1 unspecified atom stereocenters. The van der Waals surface area contributed by atoms with Crippen LogP contribution in [-0.2, 0) is 4.74 Å². The Morgan fingerprint density at radius 3 is 2.41 bits per heavy atom.